The van der Waals surface area contributed by atoms with Crippen LogP contribution in [0, 0.1) is 11.7 Å². The largest absolute Gasteiger partial charge is 0.481 e. The zero-order valence-corrected chi connectivity index (χ0v) is 18.6. The number of amides is 1. The first-order valence-electron chi connectivity index (χ1n) is 10.1. The monoisotopic (exact) mass is 443 g/mol. The molecule has 0 aliphatic rings. The second kappa shape index (κ2) is 10.9. The van der Waals surface area contributed by atoms with Crippen molar-refractivity contribution in [3.8, 4) is 5.75 Å². The molecule has 2 atom stereocenters. The fourth-order valence-electron chi connectivity index (χ4n) is 3.01. The smallest absolute Gasteiger partial charge is 0.277 e. The molecule has 2 unspecified atom stereocenters. The molecule has 0 fully saturated rings. The van der Waals surface area contributed by atoms with Gasteiger partial charge in [-0.1, -0.05) is 55.9 Å². The molecule has 1 aromatic heterocycles. The number of thioether (sulfide) groups is 1. The van der Waals surface area contributed by atoms with Crippen LogP contribution in [0.5, 0.6) is 5.75 Å². The third kappa shape index (κ3) is 7.10. The van der Waals surface area contributed by atoms with E-state index in [1.54, 1.807) is 6.92 Å². The Labute approximate surface area is 185 Å². The number of benzene rings is 2. The minimum atomic E-state index is -0.505. The highest BCUT2D eigenvalue weighted by atomic mass is 32.2. The highest BCUT2D eigenvalue weighted by molar-refractivity contribution is 7.99. The minimum Gasteiger partial charge on any atom is -0.481 e. The number of carbonyl (C=O) groups excluding carboxylic acids is 1. The van der Waals surface area contributed by atoms with Gasteiger partial charge in [-0.15, -0.1) is 10.2 Å². The van der Waals surface area contributed by atoms with E-state index in [0.29, 0.717) is 16.9 Å². The highest BCUT2D eigenvalue weighted by Crippen LogP contribution is 2.25. The number of rotatable bonds is 10. The van der Waals surface area contributed by atoms with Crippen LogP contribution in [0.1, 0.15) is 50.8 Å². The Morgan fingerprint density at radius 1 is 1.10 bits per heavy atom. The van der Waals surface area contributed by atoms with Gasteiger partial charge in [0.2, 0.25) is 5.91 Å². The van der Waals surface area contributed by atoms with Gasteiger partial charge in [-0.3, -0.25) is 4.79 Å². The summed E-state index contributed by atoms with van der Waals surface area (Å²) in [5.41, 5.74) is 1.08. The summed E-state index contributed by atoms with van der Waals surface area (Å²) in [6, 6.07) is 15.6. The molecule has 2 aromatic carbocycles. The maximum absolute atomic E-state index is 13.0. The Kier molecular flexibility index (Phi) is 8.06. The van der Waals surface area contributed by atoms with Crippen LogP contribution in [0.15, 0.2) is 64.2 Å². The van der Waals surface area contributed by atoms with E-state index in [1.807, 2.05) is 30.3 Å². The molecule has 0 bridgehead atoms. The van der Waals surface area contributed by atoms with Crippen molar-refractivity contribution in [3.63, 3.8) is 0 Å². The molecule has 1 N–H and O–H groups in total. The van der Waals surface area contributed by atoms with Crippen LogP contribution in [0.3, 0.4) is 0 Å². The van der Waals surface area contributed by atoms with E-state index in [4.69, 9.17) is 9.15 Å². The molecule has 0 saturated heterocycles. The van der Waals surface area contributed by atoms with Crippen molar-refractivity contribution in [3.05, 3.63) is 71.9 Å². The summed E-state index contributed by atoms with van der Waals surface area (Å²) < 4.78 is 24.3. The molecule has 0 radical (unpaired) electrons. The predicted molar refractivity (Wildman–Crippen MR) is 117 cm³/mol. The predicted octanol–water partition coefficient (Wildman–Crippen LogP) is 5.34. The Hall–Kier alpha value is -2.87. The fourth-order valence-corrected chi connectivity index (χ4v) is 3.59. The van der Waals surface area contributed by atoms with E-state index >= 15 is 0 Å². The van der Waals surface area contributed by atoms with Gasteiger partial charge in [0.15, 0.2) is 6.10 Å². The van der Waals surface area contributed by atoms with E-state index in [-0.39, 0.29) is 29.4 Å². The normalized spacial score (nSPS) is 13.1. The van der Waals surface area contributed by atoms with Gasteiger partial charge in [-0.25, -0.2) is 4.39 Å². The molecule has 164 valence electrons. The molecular formula is C23H26FN3O3S. The van der Waals surface area contributed by atoms with Gasteiger partial charge < -0.3 is 14.5 Å². The number of aromatic nitrogens is 2. The lowest BCUT2D eigenvalue weighted by Crippen LogP contribution is -2.30. The zero-order chi connectivity index (χ0) is 22.2. The summed E-state index contributed by atoms with van der Waals surface area (Å²) in [7, 11) is 0. The number of hydrogen-bond acceptors (Lipinski definition) is 6. The molecule has 0 saturated carbocycles. The van der Waals surface area contributed by atoms with E-state index < -0.39 is 6.10 Å². The number of ether oxygens (including phenoxy) is 1. The molecule has 3 aromatic rings. The van der Waals surface area contributed by atoms with Crippen LogP contribution in [0.4, 0.5) is 4.39 Å². The third-order valence-electron chi connectivity index (χ3n) is 4.47. The molecule has 8 heteroatoms. The van der Waals surface area contributed by atoms with Crippen molar-refractivity contribution >= 4 is 17.7 Å². The van der Waals surface area contributed by atoms with Gasteiger partial charge in [-0.05, 0) is 49.1 Å². The third-order valence-corrected chi connectivity index (χ3v) is 5.29. The number of hydrogen-bond donors (Lipinski definition) is 1. The first-order chi connectivity index (χ1) is 14.9. The van der Waals surface area contributed by atoms with Crippen LogP contribution in [0.25, 0.3) is 0 Å². The Bertz CT molecular complexity index is 964. The Morgan fingerprint density at radius 2 is 1.81 bits per heavy atom. The molecular weight excluding hydrogens is 417 g/mol. The van der Waals surface area contributed by atoms with E-state index in [2.05, 4.69) is 29.4 Å². The van der Waals surface area contributed by atoms with Gasteiger partial charge in [0.05, 0.1) is 11.8 Å². The number of nitrogens with zero attached hydrogens (tertiary/aromatic N) is 2. The lowest BCUT2D eigenvalue weighted by atomic mass is 9.97. The van der Waals surface area contributed by atoms with Gasteiger partial charge >= 0.3 is 0 Å². The number of carbonyl (C=O) groups is 1. The first-order valence-corrected chi connectivity index (χ1v) is 11.1. The van der Waals surface area contributed by atoms with E-state index in [1.165, 1.54) is 36.0 Å². The van der Waals surface area contributed by atoms with Crippen molar-refractivity contribution in [1.29, 1.82) is 0 Å². The first kappa shape index (κ1) is 22.8. The zero-order valence-electron chi connectivity index (χ0n) is 17.7. The second-order valence-corrected chi connectivity index (χ2v) is 8.50. The summed E-state index contributed by atoms with van der Waals surface area (Å²) in [4.78, 5) is 12.5. The van der Waals surface area contributed by atoms with Crippen molar-refractivity contribution in [1.82, 2.24) is 15.5 Å². The molecule has 1 amide bonds. The molecule has 0 aliphatic carbocycles. The minimum absolute atomic E-state index is 0.0447. The Balaban J connectivity index is 1.53. The standard InChI is InChI=1S/C23H26FN3O3S/c1-15(2)13-20(17-7-5-4-6-8-17)25-21(28)14-31-23-27-26-22(30-23)16(3)29-19-11-9-18(24)10-12-19/h4-12,15-16,20H,13-14H2,1-3H3,(H,25,28). The van der Waals surface area contributed by atoms with Gasteiger partial charge in [0.1, 0.15) is 11.6 Å². The molecule has 6 nitrogen and oxygen atoms in total. The van der Waals surface area contributed by atoms with Crippen LogP contribution in [0.2, 0.25) is 0 Å². The SMILES string of the molecule is CC(C)CC(NC(=O)CSc1nnc(C(C)Oc2ccc(F)cc2)o1)c1ccccc1. The average Bonchev–Trinajstić information content (AvgIpc) is 3.23. The fraction of sp³-hybridized carbons (Fsp3) is 0.348. The topological polar surface area (TPSA) is 77.2 Å². The van der Waals surface area contributed by atoms with E-state index in [0.717, 1.165) is 12.0 Å². The van der Waals surface area contributed by atoms with Crippen LogP contribution < -0.4 is 10.1 Å². The number of halogens is 1. The summed E-state index contributed by atoms with van der Waals surface area (Å²) in [5.74, 6) is 0.953. The lowest BCUT2D eigenvalue weighted by Gasteiger charge is -2.21. The maximum atomic E-state index is 13.0. The second-order valence-electron chi connectivity index (χ2n) is 7.57. The van der Waals surface area contributed by atoms with E-state index in [9.17, 15) is 9.18 Å². The number of nitrogens with one attached hydrogen (secondary N) is 1. The van der Waals surface area contributed by atoms with Crippen LogP contribution in [-0.2, 0) is 4.79 Å². The highest BCUT2D eigenvalue weighted by Gasteiger charge is 2.19. The summed E-state index contributed by atoms with van der Waals surface area (Å²) in [5, 5.41) is 11.4. The average molecular weight is 444 g/mol. The molecule has 0 aliphatic heterocycles. The molecule has 0 spiro atoms. The van der Waals surface area contributed by atoms with Crippen molar-refractivity contribution < 1.29 is 18.3 Å². The van der Waals surface area contributed by atoms with Gasteiger partial charge in [-0.2, -0.15) is 0 Å². The lowest BCUT2D eigenvalue weighted by molar-refractivity contribution is -0.119. The van der Waals surface area contributed by atoms with Crippen molar-refractivity contribution in [2.45, 2.75) is 44.6 Å². The van der Waals surface area contributed by atoms with Crippen LogP contribution >= 0.6 is 11.8 Å². The van der Waals surface area contributed by atoms with Gasteiger partial charge in [0.25, 0.3) is 11.1 Å². The maximum Gasteiger partial charge on any atom is 0.277 e. The van der Waals surface area contributed by atoms with Crippen LogP contribution in [-0.4, -0.2) is 21.9 Å². The molecule has 31 heavy (non-hydrogen) atoms. The summed E-state index contributed by atoms with van der Waals surface area (Å²) in [6.07, 6.45) is 0.346. The Morgan fingerprint density at radius 3 is 2.48 bits per heavy atom. The molecule has 3 rings (SSSR count). The summed E-state index contributed by atoms with van der Waals surface area (Å²) >= 11 is 1.17. The molecule has 1 heterocycles. The summed E-state index contributed by atoms with van der Waals surface area (Å²) in [6.45, 7) is 6.02. The van der Waals surface area contributed by atoms with Crippen molar-refractivity contribution in [2.24, 2.45) is 5.92 Å². The van der Waals surface area contributed by atoms with Crippen molar-refractivity contribution in [2.75, 3.05) is 5.75 Å². The van der Waals surface area contributed by atoms with Gasteiger partial charge in [0, 0.05) is 0 Å². The quantitative estimate of drug-likeness (QED) is 0.426.